The van der Waals surface area contributed by atoms with Gasteiger partial charge in [0.25, 0.3) is 0 Å². The van der Waals surface area contributed by atoms with Crippen LogP contribution in [0.5, 0.6) is 0 Å². The molecule has 1 aromatic heterocycles. The molecule has 0 saturated heterocycles. The fourth-order valence-corrected chi connectivity index (χ4v) is 4.21. The van der Waals surface area contributed by atoms with Crippen LogP contribution in [0, 0.1) is 0 Å². The third kappa shape index (κ3) is 15.4. The topological polar surface area (TPSA) is 39.9 Å². The van der Waals surface area contributed by atoms with Crippen molar-refractivity contribution < 1.29 is 4.48 Å². The van der Waals surface area contributed by atoms with E-state index in [-0.39, 0.29) is 0 Å². The van der Waals surface area contributed by atoms with Gasteiger partial charge in [0.15, 0.2) is 0 Å². The lowest BCUT2D eigenvalue weighted by Gasteiger charge is -2.30. The van der Waals surface area contributed by atoms with Gasteiger partial charge in [-0.05, 0) is 37.8 Å². The van der Waals surface area contributed by atoms with Crippen LogP contribution in [0.4, 0.5) is 0 Å². The average molecular weight is 445 g/mol. The van der Waals surface area contributed by atoms with Crippen molar-refractivity contribution in [2.45, 2.75) is 117 Å². The van der Waals surface area contributed by atoms with Crippen LogP contribution in [0.25, 0.3) is 11.0 Å². The normalized spacial score (nSPS) is 11.5. The van der Waals surface area contributed by atoms with Crippen LogP contribution in [0.1, 0.15) is 117 Å². The summed E-state index contributed by atoms with van der Waals surface area (Å²) in [6, 6.07) is 7.60. The molecule has 1 aromatic carbocycles. The van der Waals surface area contributed by atoms with Crippen molar-refractivity contribution in [3.8, 4) is 0 Å². The zero-order valence-corrected chi connectivity index (χ0v) is 21.8. The number of aromatic nitrogens is 3. The van der Waals surface area contributed by atoms with Gasteiger partial charge in [0.2, 0.25) is 0 Å². The molecule has 0 aliphatic carbocycles. The molecule has 0 aliphatic heterocycles. The molecule has 0 N–H and O–H groups in total. The van der Waals surface area contributed by atoms with E-state index in [4.69, 9.17) is 0 Å². The fraction of sp³-hybridized carbons (Fsp3) is 0.786. The number of fused-ring (bicyclic) bond motifs is 1. The molecule has 0 saturated carbocycles. The predicted octanol–water partition coefficient (Wildman–Crippen LogP) is 7.93. The molecule has 0 spiro atoms. The second kappa shape index (κ2) is 19.1. The van der Waals surface area contributed by atoms with E-state index in [1.54, 1.807) is 0 Å². The van der Waals surface area contributed by atoms with E-state index in [0.717, 1.165) is 11.0 Å². The van der Waals surface area contributed by atoms with Crippen LogP contribution in [-0.4, -0.2) is 41.9 Å². The summed E-state index contributed by atoms with van der Waals surface area (Å²) in [5, 5.41) is 11.0. The monoisotopic (exact) mass is 444 g/mol. The van der Waals surface area contributed by atoms with Crippen molar-refractivity contribution in [1.82, 2.24) is 15.4 Å². The molecule has 0 amide bonds. The Morgan fingerprint density at radius 3 is 1.28 bits per heavy atom. The molecule has 0 fully saturated rings. The molecule has 4 nitrogen and oxygen atoms in total. The maximum Gasteiger partial charge on any atom is 0.0782 e. The van der Waals surface area contributed by atoms with E-state index in [1.165, 1.54) is 120 Å². The maximum absolute atomic E-state index is 3.76. The van der Waals surface area contributed by atoms with E-state index in [0.29, 0.717) is 0 Å². The van der Waals surface area contributed by atoms with Gasteiger partial charge < -0.3 is 19.9 Å². The van der Waals surface area contributed by atoms with Crippen LogP contribution in [0.2, 0.25) is 0 Å². The van der Waals surface area contributed by atoms with Gasteiger partial charge in [-0.3, -0.25) is 0 Å². The van der Waals surface area contributed by atoms with E-state index < -0.39 is 0 Å². The molecule has 4 heteroatoms. The summed E-state index contributed by atoms with van der Waals surface area (Å²) in [4.78, 5) is 0. The Balaban J connectivity index is 0.000000461. The largest absolute Gasteiger partial charge is 0.492 e. The Bertz CT molecular complexity index is 597. The maximum atomic E-state index is 3.76. The summed E-state index contributed by atoms with van der Waals surface area (Å²) in [5.41, 5.74) is 1.72. The second-order valence-electron chi connectivity index (χ2n) is 10.1. The molecular weight excluding hydrogens is 392 g/mol. The summed E-state index contributed by atoms with van der Waals surface area (Å²) in [5.74, 6) is 0. The number of hydrogen-bond acceptors (Lipinski definition) is 2. The van der Waals surface area contributed by atoms with Crippen molar-refractivity contribution in [3.05, 3.63) is 24.3 Å². The van der Waals surface area contributed by atoms with E-state index in [2.05, 4.69) is 43.4 Å². The summed E-state index contributed by atoms with van der Waals surface area (Å²) >= 11 is 0. The quantitative estimate of drug-likeness (QED) is 0.173. The number of unbranched alkanes of at least 4 members (excludes halogenated alkanes) is 14. The lowest BCUT2D eigenvalue weighted by atomic mass is 10.1. The first kappa shape index (κ1) is 28.6. The number of benzene rings is 1. The minimum atomic E-state index is 0.859. The minimum Gasteiger partial charge on any atom is -0.492 e. The van der Waals surface area contributed by atoms with Crippen molar-refractivity contribution in [3.63, 3.8) is 0 Å². The van der Waals surface area contributed by atoms with Crippen molar-refractivity contribution in [2.75, 3.05) is 27.2 Å². The zero-order chi connectivity index (χ0) is 23.3. The van der Waals surface area contributed by atoms with Crippen LogP contribution in [0.3, 0.4) is 0 Å². The van der Waals surface area contributed by atoms with Crippen LogP contribution >= 0.6 is 0 Å². The molecule has 0 aliphatic rings. The van der Waals surface area contributed by atoms with Crippen molar-refractivity contribution >= 4 is 11.0 Å². The number of rotatable bonds is 18. The Morgan fingerprint density at radius 2 is 0.906 bits per heavy atom. The standard InChI is InChI=1S/C22H48N.C6H4N3/c1-5-7-9-11-13-15-17-19-21-23(3,4)22-20-18-16-14-12-10-8-6-2;1-2-4-6-5(3-1)7-9-8-6/h5-22H2,1-4H3;1-4H/q+1;-1. The van der Waals surface area contributed by atoms with Crippen LogP contribution in [-0.2, 0) is 0 Å². The first-order valence-corrected chi connectivity index (χ1v) is 13.6. The Hall–Kier alpha value is -1.42. The molecule has 0 atom stereocenters. The summed E-state index contributed by atoms with van der Waals surface area (Å²) < 4.78 is 1.24. The summed E-state index contributed by atoms with van der Waals surface area (Å²) in [7, 11) is 4.87. The molecule has 2 aromatic rings. The third-order valence-electron chi connectivity index (χ3n) is 6.42. The molecule has 184 valence electrons. The van der Waals surface area contributed by atoms with E-state index in [9.17, 15) is 0 Å². The van der Waals surface area contributed by atoms with Crippen molar-refractivity contribution in [1.29, 1.82) is 0 Å². The Kier molecular flexibility index (Phi) is 17.1. The number of hydrogen-bond donors (Lipinski definition) is 0. The highest BCUT2D eigenvalue weighted by Crippen LogP contribution is 2.13. The Morgan fingerprint density at radius 1 is 0.562 bits per heavy atom. The van der Waals surface area contributed by atoms with Gasteiger partial charge in [0.05, 0.1) is 38.2 Å². The van der Waals surface area contributed by atoms with E-state index >= 15 is 0 Å². The SMILES string of the molecule is CCCCCCCCCC[N+](C)(C)CCCCCCCCCC.c1ccc2n[n-]nc2c1. The van der Waals surface area contributed by atoms with Gasteiger partial charge in [-0.2, -0.15) is 0 Å². The molecule has 2 rings (SSSR count). The van der Waals surface area contributed by atoms with Crippen molar-refractivity contribution in [2.24, 2.45) is 0 Å². The molecule has 0 unspecified atom stereocenters. The van der Waals surface area contributed by atoms with Crippen LogP contribution < -0.4 is 5.21 Å². The molecule has 32 heavy (non-hydrogen) atoms. The molecular formula is C28H52N4. The second-order valence-corrected chi connectivity index (χ2v) is 10.1. The summed E-state index contributed by atoms with van der Waals surface area (Å²) in [6.45, 7) is 7.36. The smallest absolute Gasteiger partial charge is 0.0782 e. The van der Waals surface area contributed by atoms with Crippen LogP contribution in [0.15, 0.2) is 24.3 Å². The highest BCUT2D eigenvalue weighted by molar-refractivity contribution is 5.72. The summed E-state index contributed by atoms with van der Waals surface area (Å²) in [6.07, 6.45) is 23.0. The zero-order valence-electron chi connectivity index (χ0n) is 21.8. The van der Waals surface area contributed by atoms with Gasteiger partial charge in [-0.1, -0.05) is 103 Å². The van der Waals surface area contributed by atoms with Gasteiger partial charge >= 0.3 is 0 Å². The third-order valence-corrected chi connectivity index (χ3v) is 6.42. The lowest BCUT2D eigenvalue weighted by Crippen LogP contribution is -2.41. The first-order chi connectivity index (χ1) is 15.6. The average Bonchev–Trinajstić information content (AvgIpc) is 3.27. The number of nitrogens with zero attached hydrogens (tertiary/aromatic N) is 4. The Labute approximate surface area is 199 Å². The van der Waals surface area contributed by atoms with Gasteiger partial charge in [0, 0.05) is 0 Å². The lowest BCUT2D eigenvalue weighted by molar-refractivity contribution is -0.890. The van der Waals surface area contributed by atoms with Gasteiger partial charge in [-0.25, -0.2) is 0 Å². The number of quaternary nitrogens is 1. The highest BCUT2D eigenvalue weighted by Gasteiger charge is 2.13. The first-order valence-electron chi connectivity index (χ1n) is 13.6. The van der Waals surface area contributed by atoms with Gasteiger partial charge in [-0.15, -0.1) is 0 Å². The molecule has 0 radical (unpaired) electrons. The molecule has 0 bridgehead atoms. The molecule has 1 heterocycles. The van der Waals surface area contributed by atoms with Gasteiger partial charge in [0.1, 0.15) is 0 Å². The highest BCUT2D eigenvalue weighted by atomic mass is 15.3. The van der Waals surface area contributed by atoms with E-state index in [1.807, 2.05) is 24.3 Å². The fourth-order valence-electron chi connectivity index (χ4n) is 4.21. The minimum absolute atomic E-state index is 0.859. The predicted molar refractivity (Wildman–Crippen MR) is 140 cm³/mol.